The van der Waals surface area contributed by atoms with Gasteiger partial charge < -0.3 is 14.5 Å². The van der Waals surface area contributed by atoms with Crippen LogP contribution in [0.3, 0.4) is 0 Å². The molecule has 0 amide bonds. The van der Waals surface area contributed by atoms with Gasteiger partial charge in [0.2, 0.25) is 0 Å². The zero-order valence-electron chi connectivity index (χ0n) is 13.0. The Morgan fingerprint density at radius 3 is 2.90 bits per heavy atom. The molecule has 0 aliphatic heterocycles. The number of benzene rings is 1. The van der Waals surface area contributed by atoms with Crippen molar-refractivity contribution in [3.05, 3.63) is 48.2 Å². The largest absolute Gasteiger partial charge is 0.459 e. The third-order valence-corrected chi connectivity index (χ3v) is 3.33. The number of para-hydroxylation sites is 1. The van der Waals surface area contributed by atoms with Crippen molar-refractivity contribution in [3.8, 4) is 0 Å². The van der Waals surface area contributed by atoms with E-state index >= 15 is 0 Å². The van der Waals surface area contributed by atoms with Crippen LogP contribution in [-0.2, 0) is 17.9 Å². The zero-order chi connectivity index (χ0) is 15.1. The molecule has 1 aromatic carbocycles. The van der Waals surface area contributed by atoms with Crippen LogP contribution in [0, 0.1) is 5.92 Å². The normalized spacial score (nSPS) is 11.4. The molecule has 0 radical (unpaired) electrons. The Labute approximate surface area is 127 Å². The van der Waals surface area contributed by atoms with Gasteiger partial charge in [-0.2, -0.15) is 0 Å². The van der Waals surface area contributed by atoms with Gasteiger partial charge in [-0.15, -0.1) is 6.58 Å². The molecule has 0 bridgehead atoms. The first-order valence-corrected chi connectivity index (χ1v) is 7.61. The molecule has 0 spiro atoms. The second kappa shape index (κ2) is 8.01. The summed E-state index contributed by atoms with van der Waals surface area (Å²) in [5.41, 5.74) is 2.09. The fraction of sp³-hybridized carbons (Fsp3) is 0.444. The van der Waals surface area contributed by atoms with Crippen molar-refractivity contribution in [1.29, 1.82) is 0 Å². The number of fused-ring (bicyclic) bond motifs is 1. The van der Waals surface area contributed by atoms with Crippen molar-refractivity contribution in [2.24, 2.45) is 5.92 Å². The molecule has 0 fully saturated rings. The summed E-state index contributed by atoms with van der Waals surface area (Å²) >= 11 is 0. The summed E-state index contributed by atoms with van der Waals surface area (Å²) in [5, 5.41) is 4.59. The SMILES string of the molecule is C=CCCOCc1c(CNCC(C)C)oc2ccccc12. The van der Waals surface area contributed by atoms with Gasteiger partial charge in [-0.3, -0.25) is 0 Å². The van der Waals surface area contributed by atoms with Crippen LogP contribution < -0.4 is 5.32 Å². The molecule has 1 aromatic heterocycles. The Hall–Kier alpha value is -1.58. The van der Waals surface area contributed by atoms with Gasteiger partial charge >= 0.3 is 0 Å². The van der Waals surface area contributed by atoms with E-state index in [9.17, 15) is 0 Å². The monoisotopic (exact) mass is 287 g/mol. The topological polar surface area (TPSA) is 34.4 Å². The number of hydrogen-bond acceptors (Lipinski definition) is 3. The molecule has 21 heavy (non-hydrogen) atoms. The Morgan fingerprint density at radius 2 is 2.14 bits per heavy atom. The molecule has 3 nitrogen and oxygen atoms in total. The van der Waals surface area contributed by atoms with E-state index in [1.165, 1.54) is 0 Å². The van der Waals surface area contributed by atoms with Gasteiger partial charge in [0.15, 0.2) is 0 Å². The molecule has 0 saturated heterocycles. The van der Waals surface area contributed by atoms with E-state index in [2.05, 4.69) is 31.8 Å². The van der Waals surface area contributed by atoms with Gasteiger partial charge in [0.25, 0.3) is 0 Å². The molecule has 0 saturated carbocycles. The van der Waals surface area contributed by atoms with E-state index < -0.39 is 0 Å². The summed E-state index contributed by atoms with van der Waals surface area (Å²) in [6.45, 7) is 11.1. The second-order valence-electron chi connectivity index (χ2n) is 5.65. The Morgan fingerprint density at radius 1 is 1.33 bits per heavy atom. The van der Waals surface area contributed by atoms with Gasteiger partial charge in [0.05, 0.1) is 19.8 Å². The van der Waals surface area contributed by atoms with Gasteiger partial charge in [-0.1, -0.05) is 38.1 Å². The molecular weight excluding hydrogens is 262 g/mol. The lowest BCUT2D eigenvalue weighted by Gasteiger charge is -2.08. The van der Waals surface area contributed by atoms with E-state index in [1.807, 2.05) is 24.3 Å². The van der Waals surface area contributed by atoms with Gasteiger partial charge in [-0.05, 0) is 24.9 Å². The highest BCUT2D eigenvalue weighted by atomic mass is 16.5. The Kier molecular flexibility index (Phi) is 6.03. The Bertz CT molecular complexity index is 572. The van der Waals surface area contributed by atoms with Crippen molar-refractivity contribution in [2.45, 2.75) is 33.4 Å². The molecule has 1 N–H and O–H groups in total. The number of rotatable bonds is 9. The smallest absolute Gasteiger partial charge is 0.134 e. The lowest BCUT2D eigenvalue weighted by atomic mass is 10.1. The minimum atomic E-state index is 0.587. The summed E-state index contributed by atoms with van der Waals surface area (Å²) in [5.74, 6) is 1.61. The van der Waals surface area contributed by atoms with Crippen molar-refractivity contribution in [3.63, 3.8) is 0 Å². The maximum atomic E-state index is 5.98. The molecule has 1 heterocycles. The number of ether oxygens (including phenoxy) is 1. The van der Waals surface area contributed by atoms with Crippen LogP contribution in [-0.4, -0.2) is 13.2 Å². The molecular formula is C18H25NO2. The van der Waals surface area contributed by atoms with Crippen LogP contribution in [0.25, 0.3) is 11.0 Å². The van der Waals surface area contributed by atoms with Crippen molar-refractivity contribution in [2.75, 3.05) is 13.2 Å². The predicted octanol–water partition coefficient (Wildman–Crippen LogP) is 4.27. The molecule has 114 valence electrons. The average Bonchev–Trinajstić information content (AvgIpc) is 2.81. The lowest BCUT2D eigenvalue weighted by molar-refractivity contribution is 0.124. The highest BCUT2D eigenvalue weighted by Crippen LogP contribution is 2.26. The third-order valence-electron chi connectivity index (χ3n) is 3.33. The van der Waals surface area contributed by atoms with Gasteiger partial charge in [-0.25, -0.2) is 0 Å². The molecule has 0 unspecified atom stereocenters. The van der Waals surface area contributed by atoms with Gasteiger partial charge in [0, 0.05) is 10.9 Å². The highest BCUT2D eigenvalue weighted by molar-refractivity contribution is 5.82. The highest BCUT2D eigenvalue weighted by Gasteiger charge is 2.13. The summed E-state index contributed by atoms with van der Waals surface area (Å²) < 4.78 is 11.7. The minimum Gasteiger partial charge on any atom is -0.459 e. The van der Waals surface area contributed by atoms with Gasteiger partial charge in [0.1, 0.15) is 11.3 Å². The number of nitrogens with one attached hydrogen (secondary N) is 1. The maximum absolute atomic E-state index is 5.98. The molecule has 3 heteroatoms. The summed E-state index contributed by atoms with van der Waals surface area (Å²) in [6.07, 6.45) is 2.75. The van der Waals surface area contributed by atoms with Crippen LogP contribution in [0.5, 0.6) is 0 Å². The lowest BCUT2D eigenvalue weighted by Crippen LogP contribution is -2.19. The van der Waals surface area contributed by atoms with E-state index in [0.29, 0.717) is 19.1 Å². The van der Waals surface area contributed by atoms with Crippen molar-refractivity contribution < 1.29 is 9.15 Å². The van der Waals surface area contributed by atoms with Crippen LogP contribution >= 0.6 is 0 Å². The van der Waals surface area contributed by atoms with E-state index in [0.717, 1.165) is 41.8 Å². The van der Waals surface area contributed by atoms with Crippen LogP contribution in [0.1, 0.15) is 31.6 Å². The number of furan rings is 1. The first kappa shape index (κ1) is 15.8. The van der Waals surface area contributed by atoms with E-state index in [4.69, 9.17) is 9.15 Å². The van der Waals surface area contributed by atoms with Crippen LogP contribution in [0.2, 0.25) is 0 Å². The second-order valence-corrected chi connectivity index (χ2v) is 5.65. The quantitative estimate of drug-likeness (QED) is 0.552. The maximum Gasteiger partial charge on any atom is 0.134 e. The average molecular weight is 287 g/mol. The summed E-state index contributed by atoms with van der Waals surface area (Å²) in [7, 11) is 0. The third kappa shape index (κ3) is 4.45. The first-order valence-electron chi connectivity index (χ1n) is 7.61. The first-order chi connectivity index (χ1) is 10.2. The molecule has 0 aliphatic carbocycles. The summed E-state index contributed by atoms with van der Waals surface area (Å²) in [4.78, 5) is 0. The van der Waals surface area contributed by atoms with Crippen molar-refractivity contribution in [1.82, 2.24) is 5.32 Å². The van der Waals surface area contributed by atoms with E-state index in [-0.39, 0.29) is 0 Å². The molecule has 2 rings (SSSR count). The summed E-state index contributed by atoms with van der Waals surface area (Å²) in [6, 6.07) is 8.14. The Balaban J connectivity index is 2.11. The molecule has 0 atom stereocenters. The van der Waals surface area contributed by atoms with Crippen molar-refractivity contribution >= 4 is 11.0 Å². The van der Waals surface area contributed by atoms with Crippen LogP contribution in [0.4, 0.5) is 0 Å². The fourth-order valence-corrected chi connectivity index (χ4v) is 2.27. The minimum absolute atomic E-state index is 0.587. The molecule has 0 aliphatic rings. The zero-order valence-corrected chi connectivity index (χ0v) is 13.0. The standard InChI is InChI=1S/C18H25NO2/c1-4-5-10-20-13-16-15-8-6-7-9-17(15)21-18(16)12-19-11-14(2)3/h4,6-9,14,19H,1,5,10-13H2,2-3H3. The fourth-order valence-electron chi connectivity index (χ4n) is 2.27. The molecule has 2 aromatic rings. The van der Waals surface area contributed by atoms with Crippen LogP contribution in [0.15, 0.2) is 41.3 Å². The number of hydrogen-bond donors (Lipinski definition) is 1. The van der Waals surface area contributed by atoms with E-state index in [1.54, 1.807) is 0 Å². The predicted molar refractivity (Wildman–Crippen MR) is 87.2 cm³/mol.